The number of benzene rings is 1. The van der Waals surface area contributed by atoms with E-state index in [0.29, 0.717) is 0 Å². The van der Waals surface area contributed by atoms with Crippen LogP contribution in [0, 0.1) is 12.8 Å². The molecule has 2 nitrogen and oxygen atoms in total. The second-order valence-corrected chi connectivity index (χ2v) is 5.76. The van der Waals surface area contributed by atoms with E-state index in [-0.39, 0.29) is 0 Å². The van der Waals surface area contributed by atoms with Gasteiger partial charge in [-0.15, -0.1) is 0 Å². The zero-order chi connectivity index (χ0) is 13.8. The molecule has 1 aromatic heterocycles. The Morgan fingerprint density at radius 1 is 1.00 bits per heavy atom. The molecular weight excluding hydrogens is 244 g/mol. The van der Waals surface area contributed by atoms with Crippen LogP contribution < -0.4 is 4.90 Å². The first-order valence-electron chi connectivity index (χ1n) is 7.54. The van der Waals surface area contributed by atoms with E-state index in [9.17, 15) is 0 Å². The fourth-order valence-corrected chi connectivity index (χ4v) is 3.02. The zero-order valence-electron chi connectivity index (χ0n) is 12.1. The second-order valence-electron chi connectivity index (χ2n) is 5.76. The minimum atomic E-state index is 0.818. The van der Waals surface area contributed by atoms with E-state index in [1.165, 1.54) is 24.8 Å². The van der Waals surface area contributed by atoms with E-state index < -0.39 is 0 Å². The van der Waals surface area contributed by atoms with Crippen LogP contribution in [0.5, 0.6) is 0 Å². The van der Waals surface area contributed by atoms with Crippen LogP contribution in [0.2, 0.25) is 0 Å². The van der Waals surface area contributed by atoms with Crippen molar-refractivity contribution in [3.8, 4) is 0 Å². The third kappa shape index (κ3) is 3.19. The molecule has 0 amide bonds. The van der Waals surface area contributed by atoms with Crippen LogP contribution in [0.25, 0.3) is 0 Å². The average Bonchev–Trinajstić information content (AvgIpc) is 2.49. The number of pyridine rings is 1. The maximum Gasteiger partial charge on any atom is 0.128 e. The molecule has 104 valence electrons. The van der Waals surface area contributed by atoms with Crippen molar-refractivity contribution >= 4 is 5.82 Å². The van der Waals surface area contributed by atoms with Crippen LogP contribution in [0.3, 0.4) is 0 Å². The summed E-state index contributed by atoms with van der Waals surface area (Å²) < 4.78 is 0. The summed E-state index contributed by atoms with van der Waals surface area (Å²) in [5.74, 6) is 1.96. The lowest BCUT2D eigenvalue weighted by atomic mass is 9.90. The highest BCUT2D eigenvalue weighted by molar-refractivity contribution is 5.39. The van der Waals surface area contributed by atoms with Gasteiger partial charge < -0.3 is 4.90 Å². The van der Waals surface area contributed by atoms with Crippen LogP contribution in [0.4, 0.5) is 5.82 Å². The summed E-state index contributed by atoms with van der Waals surface area (Å²) >= 11 is 0. The van der Waals surface area contributed by atoms with Crippen LogP contribution in [-0.4, -0.2) is 18.1 Å². The summed E-state index contributed by atoms with van der Waals surface area (Å²) in [5, 5.41) is 0. The first-order valence-corrected chi connectivity index (χ1v) is 7.54. The molecule has 0 N–H and O–H groups in total. The number of nitrogens with zero attached hydrogens (tertiary/aromatic N) is 2. The van der Waals surface area contributed by atoms with Crippen molar-refractivity contribution in [1.82, 2.24) is 4.98 Å². The molecule has 2 heteroatoms. The number of rotatable bonds is 3. The van der Waals surface area contributed by atoms with E-state index >= 15 is 0 Å². The fourth-order valence-electron chi connectivity index (χ4n) is 3.02. The van der Waals surface area contributed by atoms with Crippen molar-refractivity contribution in [3.05, 3.63) is 59.8 Å². The SMILES string of the molecule is Cc1cccc(N2CCC(Cc3ccccc3)CC2)n1. The predicted octanol–water partition coefficient (Wildman–Crippen LogP) is 3.85. The van der Waals surface area contributed by atoms with E-state index in [0.717, 1.165) is 30.5 Å². The Balaban J connectivity index is 1.57. The summed E-state index contributed by atoms with van der Waals surface area (Å²) in [6.07, 6.45) is 3.75. The summed E-state index contributed by atoms with van der Waals surface area (Å²) in [6, 6.07) is 17.2. The van der Waals surface area contributed by atoms with Crippen molar-refractivity contribution in [2.24, 2.45) is 5.92 Å². The van der Waals surface area contributed by atoms with Crippen LogP contribution in [-0.2, 0) is 6.42 Å². The summed E-state index contributed by atoms with van der Waals surface area (Å²) in [6.45, 7) is 4.33. The molecule has 0 spiro atoms. The Labute approximate surface area is 121 Å². The van der Waals surface area contributed by atoms with E-state index in [1.54, 1.807) is 0 Å². The highest BCUT2D eigenvalue weighted by Crippen LogP contribution is 2.24. The van der Waals surface area contributed by atoms with Crippen LogP contribution >= 0.6 is 0 Å². The van der Waals surface area contributed by atoms with Gasteiger partial charge in [0.15, 0.2) is 0 Å². The Kier molecular flexibility index (Phi) is 4.00. The van der Waals surface area contributed by atoms with Gasteiger partial charge in [0.05, 0.1) is 0 Å². The lowest BCUT2D eigenvalue weighted by Gasteiger charge is -2.33. The fraction of sp³-hybridized carbons (Fsp3) is 0.389. The Morgan fingerprint density at radius 2 is 1.75 bits per heavy atom. The van der Waals surface area contributed by atoms with Crippen molar-refractivity contribution in [2.45, 2.75) is 26.2 Å². The lowest BCUT2D eigenvalue weighted by Crippen LogP contribution is -2.34. The lowest BCUT2D eigenvalue weighted by molar-refractivity contribution is 0.402. The highest BCUT2D eigenvalue weighted by atomic mass is 15.2. The molecule has 0 saturated carbocycles. The number of hydrogen-bond acceptors (Lipinski definition) is 2. The number of anilines is 1. The van der Waals surface area contributed by atoms with Crippen LogP contribution in [0.15, 0.2) is 48.5 Å². The maximum atomic E-state index is 4.63. The molecule has 1 aliphatic heterocycles. The van der Waals surface area contributed by atoms with E-state index in [4.69, 9.17) is 0 Å². The van der Waals surface area contributed by atoms with Crippen molar-refractivity contribution < 1.29 is 0 Å². The van der Waals surface area contributed by atoms with Gasteiger partial charge in [0.2, 0.25) is 0 Å². The molecule has 1 saturated heterocycles. The van der Waals surface area contributed by atoms with Crippen LogP contribution in [0.1, 0.15) is 24.1 Å². The van der Waals surface area contributed by atoms with Gasteiger partial charge in [-0.1, -0.05) is 36.4 Å². The molecule has 0 aliphatic carbocycles. The molecule has 2 heterocycles. The third-order valence-electron chi connectivity index (χ3n) is 4.18. The molecule has 0 radical (unpaired) electrons. The molecule has 0 unspecified atom stereocenters. The molecule has 1 aromatic carbocycles. The van der Waals surface area contributed by atoms with Crippen molar-refractivity contribution in [2.75, 3.05) is 18.0 Å². The number of aryl methyl sites for hydroxylation is 1. The summed E-state index contributed by atoms with van der Waals surface area (Å²) in [5.41, 5.74) is 2.58. The third-order valence-corrected chi connectivity index (χ3v) is 4.18. The minimum absolute atomic E-state index is 0.818. The maximum absolute atomic E-state index is 4.63. The van der Waals surface area contributed by atoms with Gasteiger partial charge in [-0.3, -0.25) is 0 Å². The average molecular weight is 266 g/mol. The molecule has 0 atom stereocenters. The van der Waals surface area contributed by atoms with Gasteiger partial charge in [-0.05, 0) is 49.8 Å². The largest absolute Gasteiger partial charge is 0.357 e. The number of aromatic nitrogens is 1. The molecule has 1 fully saturated rings. The molecule has 1 aliphatic rings. The minimum Gasteiger partial charge on any atom is -0.357 e. The standard InChI is InChI=1S/C18H22N2/c1-15-6-5-9-18(19-15)20-12-10-17(11-13-20)14-16-7-3-2-4-8-16/h2-9,17H,10-14H2,1H3. The predicted molar refractivity (Wildman–Crippen MR) is 84.1 cm³/mol. The zero-order valence-corrected chi connectivity index (χ0v) is 12.1. The molecule has 3 rings (SSSR count). The highest BCUT2D eigenvalue weighted by Gasteiger charge is 2.20. The van der Waals surface area contributed by atoms with E-state index in [2.05, 4.69) is 65.3 Å². The van der Waals surface area contributed by atoms with Gasteiger partial charge in [0, 0.05) is 18.8 Å². The number of hydrogen-bond donors (Lipinski definition) is 0. The number of piperidine rings is 1. The Hall–Kier alpha value is -1.83. The Morgan fingerprint density at radius 3 is 2.45 bits per heavy atom. The van der Waals surface area contributed by atoms with Crippen molar-refractivity contribution in [1.29, 1.82) is 0 Å². The first kappa shape index (κ1) is 13.2. The van der Waals surface area contributed by atoms with E-state index in [1.807, 2.05) is 0 Å². The topological polar surface area (TPSA) is 16.1 Å². The summed E-state index contributed by atoms with van der Waals surface area (Å²) in [7, 11) is 0. The second kappa shape index (κ2) is 6.08. The molecule has 0 bridgehead atoms. The monoisotopic (exact) mass is 266 g/mol. The normalized spacial score (nSPS) is 16.4. The summed E-state index contributed by atoms with van der Waals surface area (Å²) in [4.78, 5) is 7.06. The quantitative estimate of drug-likeness (QED) is 0.839. The van der Waals surface area contributed by atoms with Crippen molar-refractivity contribution in [3.63, 3.8) is 0 Å². The smallest absolute Gasteiger partial charge is 0.128 e. The Bertz CT molecular complexity index is 542. The van der Waals surface area contributed by atoms with Gasteiger partial charge in [0.1, 0.15) is 5.82 Å². The first-order chi connectivity index (χ1) is 9.81. The molecular formula is C18H22N2. The van der Waals surface area contributed by atoms with Gasteiger partial charge in [0.25, 0.3) is 0 Å². The van der Waals surface area contributed by atoms with Gasteiger partial charge in [-0.25, -0.2) is 4.98 Å². The van der Waals surface area contributed by atoms with Gasteiger partial charge in [-0.2, -0.15) is 0 Å². The molecule has 2 aromatic rings. The molecule has 20 heavy (non-hydrogen) atoms. The van der Waals surface area contributed by atoms with Gasteiger partial charge >= 0.3 is 0 Å².